The highest BCUT2D eigenvalue weighted by atomic mass is 16.3. The van der Waals surface area contributed by atoms with Crippen molar-refractivity contribution in [2.75, 3.05) is 13.1 Å². The van der Waals surface area contributed by atoms with Crippen molar-refractivity contribution in [3.63, 3.8) is 0 Å². The van der Waals surface area contributed by atoms with Gasteiger partial charge in [0.05, 0.1) is 6.10 Å². The lowest BCUT2D eigenvalue weighted by Gasteiger charge is -2.27. The lowest BCUT2D eigenvalue weighted by Crippen LogP contribution is -2.45. The molecule has 1 aliphatic carbocycles. The van der Waals surface area contributed by atoms with Crippen LogP contribution in [0.4, 0.5) is 0 Å². The summed E-state index contributed by atoms with van der Waals surface area (Å²) in [6.07, 6.45) is 6.67. The van der Waals surface area contributed by atoms with E-state index in [0.29, 0.717) is 6.04 Å². The number of hydrogen-bond acceptors (Lipinski definition) is 2. The van der Waals surface area contributed by atoms with Crippen molar-refractivity contribution in [3.05, 3.63) is 35.5 Å². The number of guanidine groups is 1. The molecular formula is C20H30N4O. The molecular weight excluding hydrogens is 312 g/mol. The third-order valence-electron chi connectivity index (χ3n) is 4.96. The zero-order valence-electron chi connectivity index (χ0n) is 15.3. The molecule has 0 unspecified atom stereocenters. The Kier molecular flexibility index (Phi) is 5.97. The van der Waals surface area contributed by atoms with Gasteiger partial charge in [-0.1, -0.05) is 12.1 Å². The lowest BCUT2D eigenvalue weighted by atomic mass is 9.93. The van der Waals surface area contributed by atoms with Crippen molar-refractivity contribution in [1.29, 1.82) is 0 Å². The van der Waals surface area contributed by atoms with Gasteiger partial charge in [-0.2, -0.15) is 0 Å². The largest absolute Gasteiger partial charge is 0.393 e. The molecule has 4 N–H and O–H groups in total. The fraction of sp³-hybridized carbons (Fsp3) is 0.550. The summed E-state index contributed by atoms with van der Waals surface area (Å²) < 4.78 is 0. The molecule has 1 aromatic heterocycles. The van der Waals surface area contributed by atoms with Crippen molar-refractivity contribution < 1.29 is 5.11 Å². The lowest BCUT2D eigenvalue weighted by molar-refractivity contribution is 0.120. The Morgan fingerprint density at radius 2 is 2.08 bits per heavy atom. The van der Waals surface area contributed by atoms with E-state index in [2.05, 4.69) is 53.9 Å². The van der Waals surface area contributed by atoms with Gasteiger partial charge < -0.3 is 20.7 Å². The van der Waals surface area contributed by atoms with Crippen LogP contribution in [0.25, 0.3) is 10.9 Å². The molecule has 1 heterocycles. The van der Waals surface area contributed by atoms with Gasteiger partial charge in [-0.3, -0.25) is 4.99 Å². The standard InChI is InChI=1S/C20H30N4O/c1-3-21-20(24-16-5-7-17(25)8-6-16)22-11-10-15-13-23-19-12-14(2)4-9-18(15)19/h4,9,12-13,16-17,23,25H,3,5-8,10-11H2,1-2H3,(H2,21,22,24). The average molecular weight is 342 g/mol. The highest BCUT2D eigenvalue weighted by molar-refractivity contribution is 5.84. The van der Waals surface area contributed by atoms with E-state index in [1.807, 2.05) is 0 Å². The monoisotopic (exact) mass is 342 g/mol. The van der Waals surface area contributed by atoms with E-state index < -0.39 is 0 Å². The maximum absolute atomic E-state index is 9.64. The van der Waals surface area contributed by atoms with Gasteiger partial charge in [0.15, 0.2) is 5.96 Å². The quantitative estimate of drug-likeness (QED) is 0.499. The summed E-state index contributed by atoms with van der Waals surface area (Å²) in [5, 5.41) is 17.8. The van der Waals surface area contributed by atoms with E-state index in [-0.39, 0.29) is 6.10 Å². The van der Waals surface area contributed by atoms with Crippen LogP contribution in [-0.4, -0.2) is 41.3 Å². The summed E-state index contributed by atoms with van der Waals surface area (Å²) in [6, 6.07) is 6.95. The molecule has 1 aromatic carbocycles. The van der Waals surface area contributed by atoms with Crippen LogP contribution in [0, 0.1) is 6.92 Å². The predicted octanol–water partition coefficient (Wildman–Crippen LogP) is 2.88. The fourth-order valence-corrected chi connectivity index (χ4v) is 3.53. The van der Waals surface area contributed by atoms with Crippen LogP contribution >= 0.6 is 0 Å². The molecule has 0 bridgehead atoms. The normalized spacial score (nSPS) is 21.5. The first-order valence-electron chi connectivity index (χ1n) is 9.45. The minimum Gasteiger partial charge on any atom is -0.393 e. The van der Waals surface area contributed by atoms with Gasteiger partial charge in [-0.15, -0.1) is 0 Å². The Morgan fingerprint density at radius 3 is 2.84 bits per heavy atom. The zero-order chi connectivity index (χ0) is 17.6. The smallest absolute Gasteiger partial charge is 0.191 e. The highest BCUT2D eigenvalue weighted by Crippen LogP contribution is 2.20. The summed E-state index contributed by atoms with van der Waals surface area (Å²) in [5.74, 6) is 0.888. The molecule has 1 saturated carbocycles. The van der Waals surface area contributed by atoms with Crippen molar-refractivity contribution in [2.24, 2.45) is 4.99 Å². The first-order valence-corrected chi connectivity index (χ1v) is 9.45. The topological polar surface area (TPSA) is 72.4 Å². The summed E-state index contributed by atoms with van der Waals surface area (Å²) in [4.78, 5) is 8.10. The van der Waals surface area contributed by atoms with E-state index in [1.165, 1.54) is 22.0 Å². The summed E-state index contributed by atoms with van der Waals surface area (Å²) in [7, 11) is 0. The second-order valence-corrected chi connectivity index (χ2v) is 7.02. The van der Waals surface area contributed by atoms with Gasteiger partial charge in [0.1, 0.15) is 0 Å². The van der Waals surface area contributed by atoms with Crippen LogP contribution < -0.4 is 10.6 Å². The zero-order valence-corrected chi connectivity index (χ0v) is 15.3. The number of nitrogens with zero attached hydrogens (tertiary/aromatic N) is 1. The Bertz CT molecular complexity index is 714. The van der Waals surface area contributed by atoms with Gasteiger partial charge in [-0.25, -0.2) is 0 Å². The van der Waals surface area contributed by atoms with Crippen LogP contribution in [0.5, 0.6) is 0 Å². The van der Waals surface area contributed by atoms with Gasteiger partial charge in [0.25, 0.3) is 0 Å². The average Bonchev–Trinajstić information content (AvgIpc) is 2.99. The van der Waals surface area contributed by atoms with Crippen LogP contribution in [0.1, 0.15) is 43.7 Å². The molecule has 5 heteroatoms. The van der Waals surface area contributed by atoms with E-state index >= 15 is 0 Å². The van der Waals surface area contributed by atoms with Crippen molar-refractivity contribution in [1.82, 2.24) is 15.6 Å². The second-order valence-electron chi connectivity index (χ2n) is 7.02. The van der Waals surface area contributed by atoms with Gasteiger partial charge in [0, 0.05) is 36.2 Å². The molecule has 0 radical (unpaired) electrons. The Balaban J connectivity index is 1.59. The van der Waals surface area contributed by atoms with Crippen LogP contribution in [0.3, 0.4) is 0 Å². The third kappa shape index (κ3) is 4.75. The number of aliphatic imine (C=N–C) groups is 1. The van der Waals surface area contributed by atoms with Crippen LogP contribution in [0.2, 0.25) is 0 Å². The third-order valence-corrected chi connectivity index (χ3v) is 4.96. The Morgan fingerprint density at radius 1 is 1.28 bits per heavy atom. The molecule has 0 atom stereocenters. The summed E-state index contributed by atoms with van der Waals surface area (Å²) in [6.45, 7) is 5.81. The number of benzene rings is 1. The molecule has 136 valence electrons. The van der Waals surface area contributed by atoms with Crippen molar-refractivity contribution >= 4 is 16.9 Å². The Hall–Kier alpha value is -2.01. The number of aliphatic hydroxyl groups excluding tert-OH is 1. The number of fused-ring (bicyclic) bond motifs is 1. The fourth-order valence-electron chi connectivity index (χ4n) is 3.53. The Labute approximate surface area is 149 Å². The maximum atomic E-state index is 9.64. The molecule has 3 rings (SSSR count). The minimum atomic E-state index is -0.122. The van der Waals surface area contributed by atoms with E-state index in [0.717, 1.165) is 51.2 Å². The number of nitrogens with one attached hydrogen (secondary N) is 3. The van der Waals surface area contributed by atoms with Crippen LogP contribution in [-0.2, 0) is 6.42 Å². The summed E-state index contributed by atoms with van der Waals surface area (Å²) in [5.41, 5.74) is 3.79. The van der Waals surface area contributed by atoms with Crippen molar-refractivity contribution in [3.8, 4) is 0 Å². The first kappa shape index (κ1) is 17.8. The highest BCUT2D eigenvalue weighted by Gasteiger charge is 2.19. The van der Waals surface area contributed by atoms with Crippen molar-refractivity contribution in [2.45, 2.75) is 58.1 Å². The minimum absolute atomic E-state index is 0.122. The number of aromatic nitrogens is 1. The molecule has 0 saturated heterocycles. The molecule has 1 aliphatic rings. The number of aliphatic hydroxyl groups is 1. The van der Waals surface area contributed by atoms with Gasteiger partial charge in [-0.05, 0) is 63.1 Å². The van der Waals surface area contributed by atoms with E-state index in [9.17, 15) is 5.11 Å². The van der Waals surface area contributed by atoms with Gasteiger partial charge >= 0.3 is 0 Å². The summed E-state index contributed by atoms with van der Waals surface area (Å²) >= 11 is 0. The van der Waals surface area contributed by atoms with Crippen LogP contribution in [0.15, 0.2) is 29.4 Å². The number of rotatable bonds is 5. The second kappa shape index (κ2) is 8.39. The first-order chi connectivity index (χ1) is 12.2. The number of hydrogen-bond donors (Lipinski definition) is 4. The molecule has 25 heavy (non-hydrogen) atoms. The number of aryl methyl sites for hydroxylation is 1. The molecule has 0 amide bonds. The van der Waals surface area contributed by atoms with Gasteiger partial charge in [0.2, 0.25) is 0 Å². The number of aromatic amines is 1. The number of H-pyrrole nitrogens is 1. The molecule has 2 aromatic rings. The van der Waals surface area contributed by atoms with E-state index in [4.69, 9.17) is 4.99 Å². The van der Waals surface area contributed by atoms with E-state index in [1.54, 1.807) is 0 Å². The molecule has 0 spiro atoms. The molecule has 1 fully saturated rings. The molecule has 5 nitrogen and oxygen atoms in total. The molecule has 0 aliphatic heterocycles. The SMILES string of the molecule is CCNC(=NCCc1c[nH]c2cc(C)ccc12)NC1CCC(O)CC1. The maximum Gasteiger partial charge on any atom is 0.191 e. The predicted molar refractivity (Wildman–Crippen MR) is 104 cm³/mol.